The first-order valence-corrected chi connectivity index (χ1v) is 7.26. The molecular formula is C14H23NOS. The van der Waals surface area contributed by atoms with Crippen molar-refractivity contribution in [2.24, 2.45) is 0 Å². The second kappa shape index (κ2) is 6.31. The van der Waals surface area contributed by atoms with Crippen molar-refractivity contribution in [3.63, 3.8) is 0 Å². The van der Waals surface area contributed by atoms with Crippen LogP contribution in [-0.2, 0) is 17.4 Å². The van der Waals surface area contributed by atoms with Crippen molar-refractivity contribution >= 4 is 11.0 Å². The summed E-state index contributed by atoms with van der Waals surface area (Å²) in [4.78, 5) is 0. The van der Waals surface area contributed by atoms with Gasteiger partial charge in [-0.3, -0.25) is 0 Å². The van der Waals surface area contributed by atoms with Crippen LogP contribution in [0.3, 0.4) is 0 Å². The van der Waals surface area contributed by atoms with Gasteiger partial charge in [0, 0.05) is 6.04 Å². The van der Waals surface area contributed by atoms with Gasteiger partial charge in [0.25, 0.3) is 0 Å². The van der Waals surface area contributed by atoms with E-state index in [1.165, 1.54) is 5.56 Å². The summed E-state index contributed by atoms with van der Waals surface area (Å²) in [5.41, 5.74) is 1.34. The summed E-state index contributed by atoms with van der Waals surface area (Å²) < 4.78 is 14.9. The van der Waals surface area contributed by atoms with Crippen LogP contribution in [-0.4, -0.2) is 15.0 Å². The van der Waals surface area contributed by atoms with Crippen LogP contribution in [0.4, 0.5) is 0 Å². The van der Waals surface area contributed by atoms with Gasteiger partial charge in [-0.1, -0.05) is 30.3 Å². The van der Waals surface area contributed by atoms with Crippen molar-refractivity contribution in [3.05, 3.63) is 35.9 Å². The third-order valence-electron chi connectivity index (χ3n) is 2.57. The van der Waals surface area contributed by atoms with E-state index in [0.717, 1.165) is 12.8 Å². The highest BCUT2D eigenvalue weighted by molar-refractivity contribution is 7.84. The lowest BCUT2D eigenvalue weighted by molar-refractivity contribution is 0.581. The molecule has 0 fully saturated rings. The molecule has 0 saturated heterocycles. The van der Waals surface area contributed by atoms with Gasteiger partial charge in [-0.15, -0.1) is 0 Å². The Balaban J connectivity index is 2.36. The molecule has 1 aromatic carbocycles. The Bertz CT molecular complexity index is 356. The van der Waals surface area contributed by atoms with Gasteiger partial charge in [-0.05, 0) is 46.1 Å². The molecule has 0 aliphatic rings. The maximum atomic E-state index is 11.9. The topological polar surface area (TPSA) is 29.1 Å². The van der Waals surface area contributed by atoms with Gasteiger partial charge >= 0.3 is 0 Å². The third-order valence-corrected chi connectivity index (χ3v) is 4.30. The van der Waals surface area contributed by atoms with E-state index >= 15 is 0 Å². The highest BCUT2D eigenvalue weighted by Crippen LogP contribution is 2.11. The zero-order valence-electron chi connectivity index (χ0n) is 11.2. The van der Waals surface area contributed by atoms with Crippen LogP contribution in [0.15, 0.2) is 30.3 Å². The summed E-state index contributed by atoms with van der Waals surface area (Å²) in [6.07, 6.45) is 2.03. The van der Waals surface area contributed by atoms with Gasteiger partial charge in [0.2, 0.25) is 0 Å². The minimum atomic E-state index is -0.975. The molecule has 0 amide bonds. The van der Waals surface area contributed by atoms with E-state index in [1.807, 2.05) is 26.8 Å². The summed E-state index contributed by atoms with van der Waals surface area (Å²) in [5, 5.41) is 0. The summed E-state index contributed by atoms with van der Waals surface area (Å²) in [7, 11) is -0.975. The Morgan fingerprint density at radius 3 is 2.35 bits per heavy atom. The molecule has 0 spiro atoms. The summed E-state index contributed by atoms with van der Waals surface area (Å²) >= 11 is 0. The van der Waals surface area contributed by atoms with Crippen molar-refractivity contribution in [1.82, 2.24) is 4.72 Å². The molecule has 0 aliphatic carbocycles. The molecule has 0 saturated carbocycles. The summed E-state index contributed by atoms with van der Waals surface area (Å²) in [6.45, 7) is 8.05. The highest BCUT2D eigenvalue weighted by atomic mass is 32.2. The van der Waals surface area contributed by atoms with Gasteiger partial charge in [0.1, 0.15) is 0 Å². The average molecular weight is 253 g/mol. The maximum Gasteiger partial charge on any atom is 0.0972 e. The Morgan fingerprint density at radius 2 is 1.82 bits per heavy atom. The SMILES string of the molecule is C[C@@H](CCc1ccccc1)N[S@](=O)C(C)(C)C. The molecule has 1 aromatic rings. The fourth-order valence-electron chi connectivity index (χ4n) is 1.45. The second-order valence-electron chi connectivity index (χ2n) is 5.42. The number of rotatable bonds is 5. The van der Waals surface area contributed by atoms with E-state index in [1.54, 1.807) is 0 Å². The fourth-order valence-corrected chi connectivity index (χ4v) is 2.28. The molecule has 2 atom stereocenters. The molecule has 2 nitrogen and oxygen atoms in total. The quantitative estimate of drug-likeness (QED) is 0.858. The fraction of sp³-hybridized carbons (Fsp3) is 0.571. The van der Waals surface area contributed by atoms with Gasteiger partial charge in [0.05, 0.1) is 15.7 Å². The zero-order chi connectivity index (χ0) is 12.9. The Morgan fingerprint density at radius 1 is 1.24 bits per heavy atom. The predicted molar refractivity (Wildman–Crippen MR) is 75.3 cm³/mol. The zero-order valence-corrected chi connectivity index (χ0v) is 12.0. The van der Waals surface area contributed by atoms with E-state index in [-0.39, 0.29) is 10.8 Å². The van der Waals surface area contributed by atoms with Crippen molar-refractivity contribution in [3.8, 4) is 0 Å². The number of nitrogens with one attached hydrogen (secondary N) is 1. The minimum Gasteiger partial charge on any atom is -0.242 e. The lowest BCUT2D eigenvalue weighted by atomic mass is 10.1. The first-order valence-electron chi connectivity index (χ1n) is 6.11. The number of hydrogen-bond donors (Lipinski definition) is 1. The maximum absolute atomic E-state index is 11.9. The van der Waals surface area contributed by atoms with Crippen LogP contribution < -0.4 is 4.72 Å². The van der Waals surface area contributed by atoms with E-state index in [4.69, 9.17) is 0 Å². The summed E-state index contributed by atoms with van der Waals surface area (Å²) in [5.74, 6) is 0. The molecule has 17 heavy (non-hydrogen) atoms. The molecule has 0 heterocycles. The molecular weight excluding hydrogens is 230 g/mol. The van der Waals surface area contributed by atoms with Crippen LogP contribution in [0.5, 0.6) is 0 Å². The van der Waals surface area contributed by atoms with Gasteiger partial charge < -0.3 is 0 Å². The molecule has 0 aromatic heterocycles. The van der Waals surface area contributed by atoms with Gasteiger partial charge in [-0.2, -0.15) is 0 Å². The molecule has 0 bridgehead atoms. The Labute approximate surface area is 107 Å². The molecule has 0 aliphatic heterocycles. The van der Waals surface area contributed by atoms with Crippen molar-refractivity contribution in [2.45, 2.75) is 51.3 Å². The van der Waals surface area contributed by atoms with E-state index in [2.05, 4.69) is 35.9 Å². The molecule has 1 rings (SSSR count). The van der Waals surface area contributed by atoms with Crippen molar-refractivity contribution in [1.29, 1.82) is 0 Å². The monoisotopic (exact) mass is 253 g/mol. The number of aryl methyl sites for hydroxylation is 1. The number of hydrogen-bond acceptors (Lipinski definition) is 1. The van der Waals surface area contributed by atoms with Crippen LogP contribution in [0.25, 0.3) is 0 Å². The predicted octanol–water partition coefficient (Wildman–Crippen LogP) is 3.06. The lowest BCUT2D eigenvalue weighted by Gasteiger charge is -2.21. The Hall–Kier alpha value is -0.670. The normalized spacial score (nSPS) is 15.5. The standard InChI is InChI=1S/C14H23NOS/c1-12(15-17(16)14(2,3)4)10-11-13-8-6-5-7-9-13/h5-9,12,15H,10-11H2,1-4H3/t12-,17+/m0/s1. The van der Waals surface area contributed by atoms with Crippen LogP contribution in [0, 0.1) is 0 Å². The third kappa shape index (κ3) is 5.46. The molecule has 1 N–H and O–H groups in total. The molecule has 3 heteroatoms. The smallest absolute Gasteiger partial charge is 0.0972 e. The largest absolute Gasteiger partial charge is 0.242 e. The minimum absolute atomic E-state index is 0.193. The molecule has 0 unspecified atom stereocenters. The van der Waals surface area contributed by atoms with Gasteiger partial charge in [-0.25, -0.2) is 8.93 Å². The molecule has 0 radical (unpaired) electrons. The van der Waals surface area contributed by atoms with Crippen LogP contribution in [0.1, 0.15) is 39.7 Å². The van der Waals surface area contributed by atoms with E-state index in [9.17, 15) is 4.21 Å². The summed E-state index contributed by atoms with van der Waals surface area (Å²) in [6, 6.07) is 10.7. The van der Waals surface area contributed by atoms with Crippen molar-refractivity contribution in [2.75, 3.05) is 0 Å². The molecule has 96 valence electrons. The Kier molecular flexibility index (Phi) is 5.34. The van der Waals surface area contributed by atoms with E-state index in [0.29, 0.717) is 0 Å². The van der Waals surface area contributed by atoms with Crippen LogP contribution in [0.2, 0.25) is 0 Å². The van der Waals surface area contributed by atoms with Crippen LogP contribution >= 0.6 is 0 Å². The van der Waals surface area contributed by atoms with E-state index < -0.39 is 11.0 Å². The second-order valence-corrected chi connectivity index (χ2v) is 7.42. The first kappa shape index (κ1) is 14.4. The average Bonchev–Trinajstić information content (AvgIpc) is 2.26. The van der Waals surface area contributed by atoms with Gasteiger partial charge in [0.15, 0.2) is 0 Å². The first-order chi connectivity index (χ1) is 7.89. The number of benzene rings is 1. The van der Waals surface area contributed by atoms with Crippen molar-refractivity contribution < 1.29 is 4.21 Å². The highest BCUT2D eigenvalue weighted by Gasteiger charge is 2.20. The lowest BCUT2D eigenvalue weighted by Crippen LogP contribution is -2.38.